The Labute approximate surface area is 120 Å². The molecule has 2 aromatic carbocycles. The topological polar surface area (TPSA) is 59.8 Å². The van der Waals surface area contributed by atoms with Gasteiger partial charge in [0.1, 0.15) is 12.1 Å². The molecular formula is C14H11ClN4O. The highest BCUT2D eigenvalue weighted by Gasteiger charge is 2.08. The lowest BCUT2D eigenvalue weighted by Crippen LogP contribution is -2.19. The van der Waals surface area contributed by atoms with Crippen molar-refractivity contribution in [2.24, 2.45) is 0 Å². The minimum Gasteiger partial charge on any atom is -0.324 e. The Morgan fingerprint density at radius 1 is 1.15 bits per heavy atom. The van der Waals surface area contributed by atoms with E-state index >= 15 is 0 Å². The summed E-state index contributed by atoms with van der Waals surface area (Å²) in [7, 11) is 0. The highest BCUT2D eigenvalue weighted by molar-refractivity contribution is 6.30. The number of hydrogen-bond acceptors (Lipinski definition) is 3. The van der Waals surface area contributed by atoms with Crippen LogP contribution < -0.4 is 5.32 Å². The average molecular weight is 287 g/mol. The second kappa shape index (κ2) is 5.30. The van der Waals surface area contributed by atoms with Crippen molar-refractivity contribution >= 4 is 34.2 Å². The van der Waals surface area contributed by atoms with Gasteiger partial charge in [0.25, 0.3) is 0 Å². The van der Waals surface area contributed by atoms with E-state index in [0.29, 0.717) is 10.7 Å². The Hall–Kier alpha value is -2.40. The molecule has 6 heteroatoms. The zero-order chi connectivity index (χ0) is 13.9. The molecule has 0 aliphatic carbocycles. The maximum atomic E-state index is 12.0. The molecule has 100 valence electrons. The number of amides is 1. The summed E-state index contributed by atoms with van der Waals surface area (Å²) < 4.78 is 1.57. The first-order valence-corrected chi connectivity index (χ1v) is 6.44. The van der Waals surface area contributed by atoms with Gasteiger partial charge < -0.3 is 5.32 Å². The lowest BCUT2D eigenvalue weighted by molar-refractivity contribution is -0.116. The van der Waals surface area contributed by atoms with Crippen LogP contribution in [0.3, 0.4) is 0 Å². The van der Waals surface area contributed by atoms with Gasteiger partial charge in [-0.1, -0.05) is 28.9 Å². The SMILES string of the molecule is O=C(Cn1nnc2ccccc21)Nc1ccc(Cl)cc1. The third-order valence-electron chi connectivity index (χ3n) is 2.84. The molecule has 0 fully saturated rings. The summed E-state index contributed by atoms with van der Waals surface area (Å²) in [6, 6.07) is 14.5. The highest BCUT2D eigenvalue weighted by Crippen LogP contribution is 2.14. The molecule has 1 N–H and O–H groups in total. The predicted octanol–water partition coefficient (Wildman–Crippen LogP) is 2.72. The lowest BCUT2D eigenvalue weighted by atomic mass is 10.3. The van der Waals surface area contributed by atoms with Crippen LogP contribution in [-0.4, -0.2) is 20.9 Å². The van der Waals surface area contributed by atoms with Crippen LogP contribution in [-0.2, 0) is 11.3 Å². The van der Waals surface area contributed by atoms with Crippen molar-refractivity contribution in [1.82, 2.24) is 15.0 Å². The molecule has 3 rings (SSSR count). The first kappa shape index (κ1) is 12.6. The number of carbonyl (C=O) groups is 1. The van der Waals surface area contributed by atoms with E-state index in [1.54, 1.807) is 28.9 Å². The molecule has 0 saturated heterocycles. The third kappa shape index (κ3) is 2.62. The maximum absolute atomic E-state index is 12.0. The van der Waals surface area contributed by atoms with E-state index in [-0.39, 0.29) is 12.5 Å². The lowest BCUT2D eigenvalue weighted by Gasteiger charge is -2.05. The monoisotopic (exact) mass is 286 g/mol. The van der Waals surface area contributed by atoms with Crippen LogP contribution >= 0.6 is 11.6 Å². The molecule has 0 radical (unpaired) electrons. The molecule has 5 nitrogen and oxygen atoms in total. The number of hydrogen-bond donors (Lipinski definition) is 1. The summed E-state index contributed by atoms with van der Waals surface area (Å²) in [5.41, 5.74) is 2.30. The van der Waals surface area contributed by atoms with Crippen LogP contribution in [0, 0.1) is 0 Å². The van der Waals surface area contributed by atoms with Crippen molar-refractivity contribution in [3.05, 3.63) is 53.6 Å². The Kier molecular flexibility index (Phi) is 3.35. The third-order valence-corrected chi connectivity index (χ3v) is 3.09. The molecule has 0 unspecified atom stereocenters. The van der Waals surface area contributed by atoms with Gasteiger partial charge in [-0.3, -0.25) is 4.79 Å². The van der Waals surface area contributed by atoms with Gasteiger partial charge in [0.2, 0.25) is 5.91 Å². The maximum Gasteiger partial charge on any atom is 0.246 e. The quantitative estimate of drug-likeness (QED) is 0.805. The number of fused-ring (bicyclic) bond motifs is 1. The molecule has 1 amide bonds. The van der Waals surface area contributed by atoms with Gasteiger partial charge >= 0.3 is 0 Å². The van der Waals surface area contributed by atoms with E-state index in [9.17, 15) is 4.79 Å². The summed E-state index contributed by atoms with van der Waals surface area (Å²) in [5, 5.41) is 11.4. The van der Waals surface area contributed by atoms with Crippen LogP contribution in [0.4, 0.5) is 5.69 Å². The van der Waals surface area contributed by atoms with Crippen LogP contribution in [0.15, 0.2) is 48.5 Å². The zero-order valence-corrected chi connectivity index (χ0v) is 11.2. The largest absolute Gasteiger partial charge is 0.324 e. The number of benzene rings is 2. The van der Waals surface area contributed by atoms with E-state index in [1.165, 1.54) is 0 Å². The number of halogens is 1. The molecule has 0 aliphatic heterocycles. The van der Waals surface area contributed by atoms with E-state index < -0.39 is 0 Å². The Morgan fingerprint density at radius 2 is 1.90 bits per heavy atom. The first-order chi connectivity index (χ1) is 9.72. The molecule has 0 atom stereocenters. The summed E-state index contributed by atoms with van der Waals surface area (Å²) in [6.07, 6.45) is 0. The molecule has 0 spiro atoms. The van der Waals surface area contributed by atoms with E-state index in [0.717, 1.165) is 11.0 Å². The zero-order valence-electron chi connectivity index (χ0n) is 10.5. The number of nitrogens with one attached hydrogen (secondary N) is 1. The predicted molar refractivity (Wildman–Crippen MR) is 77.6 cm³/mol. The van der Waals surface area contributed by atoms with Crippen LogP contribution in [0.1, 0.15) is 0 Å². The summed E-state index contributed by atoms with van der Waals surface area (Å²) >= 11 is 5.79. The number of carbonyl (C=O) groups excluding carboxylic acids is 1. The first-order valence-electron chi connectivity index (χ1n) is 6.06. The Bertz CT molecular complexity index is 751. The molecule has 1 aromatic heterocycles. The molecule has 1 heterocycles. The fourth-order valence-electron chi connectivity index (χ4n) is 1.90. The number of nitrogens with zero attached hydrogens (tertiary/aromatic N) is 3. The molecular weight excluding hydrogens is 276 g/mol. The highest BCUT2D eigenvalue weighted by atomic mass is 35.5. The Balaban J connectivity index is 1.74. The van der Waals surface area contributed by atoms with Gasteiger partial charge in [0.15, 0.2) is 0 Å². The van der Waals surface area contributed by atoms with Crippen molar-refractivity contribution < 1.29 is 4.79 Å². The fraction of sp³-hybridized carbons (Fsp3) is 0.0714. The smallest absolute Gasteiger partial charge is 0.246 e. The van der Waals surface area contributed by atoms with Crippen LogP contribution in [0.25, 0.3) is 11.0 Å². The Morgan fingerprint density at radius 3 is 2.70 bits per heavy atom. The standard InChI is InChI=1S/C14H11ClN4O/c15-10-5-7-11(8-6-10)16-14(20)9-19-13-4-2-1-3-12(13)17-18-19/h1-8H,9H2,(H,16,20). The number of aromatic nitrogens is 3. The molecule has 0 bridgehead atoms. The van der Waals surface area contributed by atoms with Crippen LogP contribution in [0.2, 0.25) is 5.02 Å². The molecule has 0 saturated carbocycles. The number of rotatable bonds is 3. The van der Waals surface area contributed by atoms with E-state index in [2.05, 4.69) is 15.6 Å². The van der Waals surface area contributed by atoms with Gasteiger partial charge in [-0.2, -0.15) is 0 Å². The van der Waals surface area contributed by atoms with Crippen molar-refractivity contribution in [2.75, 3.05) is 5.32 Å². The number of anilines is 1. The minimum atomic E-state index is -0.164. The van der Waals surface area contributed by atoms with Gasteiger partial charge in [0, 0.05) is 10.7 Å². The summed E-state index contributed by atoms with van der Waals surface area (Å²) in [5.74, 6) is -0.164. The second-order valence-corrected chi connectivity index (χ2v) is 4.73. The molecule has 0 aliphatic rings. The second-order valence-electron chi connectivity index (χ2n) is 4.29. The van der Waals surface area contributed by atoms with Crippen molar-refractivity contribution in [3.8, 4) is 0 Å². The van der Waals surface area contributed by atoms with Gasteiger partial charge in [-0.05, 0) is 36.4 Å². The molecule has 20 heavy (non-hydrogen) atoms. The van der Waals surface area contributed by atoms with Gasteiger partial charge in [-0.25, -0.2) is 4.68 Å². The van der Waals surface area contributed by atoms with E-state index in [1.807, 2.05) is 24.3 Å². The van der Waals surface area contributed by atoms with Crippen LogP contribution in [0.5, 0.6) is 0 Å². The summed E-state index contributed by atoms with van der Waals surface area (Å²) in [4.78, 5) is 12.0. The number of para-hydroxylation sites is 1. The van der Waals surface area contributed by atoms with Gasteiger partial charge in [0.05, 0.1) is 5.52 Å². The molecule has 3 aromatic rings. The minimum absolute atomic E-state index is 0.114. The van der Waals surface area contributed by atoms with E-state index in [4.69, 9.17) is 11.6 Å². The summed E-state index contributed by atoms with van der Waals surface area (Å²) in [6.45, 7) is 0.114. The fourth-order valence-corrected chi connectivity index (χ4v) is 2.03. The van der Waals surface area contributed by atoms with Crippen molar-refractivity contribution in [1.29, 1.82) is 0 Å². The van der Waals surface area contributed by atoms with Crippen molar-refractivity contribution in [3.63, 3.8) is 0 Å². The van der Waals surface area contributed by atoms with Gasteiger partial charge in [-0.15, -0.1) is 5.10 Å². The normalized spacial score (nSPS) is 10.7. The van der Waals surface area contributed by atoms with Crippen molar-refractivity contribution in [2.45, 2.75) is 6.54 Å². The average Bonchev–Trinajstić information content (AvgIpc) is 2.85.